The molecule has 1 atom stereocenters. The SMILES string of the molecule is CCOc1cc(C(N2CC(C)(C)C(=O)N2)C(F)(F)F)cc2ccccc12. The summed E-state index contributed by atoms with van der Waals surface area (Å²) >= 11 is 0. The van der Waals surface area contributed by atoms with Gasteiger partial charge in [-0.05, 0) is 43.9 Å². The second-order valence-electron chi connectivity index (χ2n) is 7.07. The standard InChI is InChI=1S/C19H21F3N2O2/c1-4-26-15-10-13(9-12-7-5-6-8-14(12)15)16(19(20,21)22)24-11-18(2,3)17(25)23-24/h5-10,16H,4,11H2,1-3H3,(H,23,25). The normalized spacial score (nSPS) is 18.8. The smallest absolute Gasteiger partial charge is 0.409 e. The summed E-state index contributed by atoms with van der Waals surface area (Å²) in [6.07, 6.45) is -4.56. The molecule has 1 N–H and O–H groups in total. The Kier molecular flexibility index (Phi) is 4.60. The van der Waals surface area contributed by atoms with Gasteiger partial charge in [-0.1, -0.05) is 24.3 Å². The van der Waals surface area contributed by atoms with Gasteiger partial charge in [-0.15, -0.1) is 0 Å². The molecule has 1 aliphatic heterocycles. The summed E-state index contributed by atoms with van der Waals surface area (Å²) in [6, 6.07) is 8.13. The van der Waals surface area contributed by atoms with E-state index in [-0.39, 0.29) is 12.1 Å². The van der Waals surface area contributed by atoms with Gasteiger partial charge in [0.05, 0.1) is 12.0 Å². The van der Waals surface area contributed by atoms with Gasteiger partial charge in [0.25, 0.3) is 0 Å². The van der Waals surface area contributed by atoms with E-state index >= 15 is 0 Å². The summed E-state index contributed by atoms with van der Waals surface area (Å²) < 4.78 is 47.3. The van der Waals surface area contributed by atoms with Crippen LogP contribution in [0, 0.1) is 5.41 Å². The second-order valence-corrected chi connectivity index (χ2v) is 7.07. The van der Waals surface area contributed by atoms with Crippen molar-refractivity contribution in [2.45, 2.75) is 33.0 Å². The van der Waals surface area contributed by atoms with E-state index in [2.05, 4.69) is 5.43 Å². The first kappa shape index (κ1) is 18.5. The lowest BCUT2D eigenvalue weighted by atomic mass is 9.93. The molecule has 2 aromatic carbocycles. The Morgan fingerprint density at radius 1 is 1.27 bits per heavy atom. The van der Waals surface area contributed by atoms with Crippen molar-refractivity contribution in [3.63, 3.8) is 0 Å². The maximum Gasteiger partial charge on any atom is 0.409 e. The van der Waals surface area contributed by atoms with Crippen LogP contribution in [0.4, 0.5) is 13.2 Å². The van der Waals surface area contributed by atoms with E-state index in [4.69, 9.17) is 4.74 Å². The Balaban J connectivity index is 2.12. The van der Waals surface area contributed by atoms with Crippen LogP contribution in [-0.2, 0) is 4.79 Å². The molecule has 0 bridgehead atoms. The molecule has 0 spiro atoms. The van der Waals surface area contributed by atoms with Gasteiger partial charge < -0.3 is 4.74 Å². The largest absolute Gasteiger partial charge is 0.493 e. The van der Waals surface area contributed by atoms with Crippen LogP contribution >= 0.6 is 0 Å². The predicted molar refractivity (Wildman–Crippen MR) is 92.5 cm³/mol. The van der Waals surface area contributed by atoms with E-state index in [0.717, 1.165) is 10.4 Å². The lowest BCUT2D eigenvalue weighted by Gasteiger charge is -2.30. The van der Waals surface area contributed by atoms with E-state index in [0.29, 0.717) is 17.7 Å². The van der Waals surface area contributed by atoms with E-state index in [1.807, 2.05) is 12.1 Å². The topological polar surface area (TPSA) is 41.6 Å². The summed E-state index contributed by atoms with van der Waals surface area (Å²) in [4.78, 5) is 12.0. The van der Waals surface area contributed by atoms with Gasteiger partial charge in [0.1, 0.15) is 11.8 Å². The first-order valence-electron chi connectivity index (χ1n) is 8.43. The third kappa shape index (κ3) is 3.35. The number of fused-ring (bicyclic) bond motifs is 1. The number of nitrogens with one attached hydrogen (secondary N) is 1. The van der Waals surface area contributed by atoms with Crippen molar-refractivity contribution in [3.8, 4) is 5.75 Å². The van der Waals surface area contributed by atoms with Crippen LogP contribution in [0.3, 0.4) is 0 Å². The minimum absolute atomic E-state index is 0.0349. The van der Waals surface area contributed by atoms with Crippen molar-refractivity contribution >= 4 is 16.7 Å². The van der Waals surface area contributed by atoms with E-state index in [1.54, 1.807) is 32.9 Å². The van der Waals surface area contributed by atoms with Crippen molar-refractivity contribution < 1.29 is 22.7 Å². The second kappa shape index (κ2) is 6.46. The highest BCUT2D eigenvalue weighted by atomic mass is 19.4. The van der Waals surface area contributed by atoms with Gasteiger partial charge in [-0.2, -0.15) is 13.2 Å². The average Bonchev–Trinajstić information content (AvgIpc) is 2.79. The third-order valence-corrected chi connectivity index (χ3v) is 4.51. The molecule has 1 unspecified atom stereocenters. The molecule has 1 saturated heterocycles. The first-order chi connectivity index (χ1) is 12.1. The van der Waals surface area contributed by atoms with Crippen LogP contribution in [0.2, 0.25) is 0 Å². The number of hydrogen-bond acceptors (Lipinski definition) is 3. The Morgan fingerprint density at radius 3 is 2.54 bits per heavy atom. The predicted octanol–water partition coefficient (Wildman–Crippen LogP) is 4.21. The zero-order chi connectivity index (χ0) is 19.1. The highest BCUT2D eigenvalue weighted by Crippen LogP contribution is 2.42. The van der Waals surface area contributed by atoms with E-state index in [9.17, 15) is 18.0 Å². The van der Waals surface area contributed by atoms with Crippen molar-refractivity contribution in [2.24, 2.45) is 5.41 Å². The van der Waals surface area contributed by atoms with Crippen LogP contribution in [0.1, 0.15) is 32.4 Å². The minimum Gasteiger partial charge on any atom is -0.493 e. The van der Waals surface area contributed by atoms with Crippen molar-refractivity contribution in [2.75, 3.05) is 13.2 Å². The summed E-state index contributed by atoms with van der Waals surface area (Å²) in [6.45, 7) is 5.35. The van der Waals surface area contributed by atoms with Gasteiger partial charge in [-0.25, -0.2) is 5.01 Å². The quantitative estimate of drug-likeness (QED) is 0.881. The van der Waals surface area contributed by atoms with E-state index in [1.165, 1.54) is 12.1 Å². The molecule has 0 saturated carbocycles. The molecule has 1 aliphatic rings. The molecule has 1 amide bonds. The van der Waals surface area contributed by atoms with Gasteiger partial charge >= 0.3 is 6.18 Å². The molecule has 2 aromatic rings. The molecule has 0 radical (unpaired) electrons. The van der Waals surface area contributed by atoms with Gasteiger partial charge in [0, 0.05) is 11.9 Å². The number of amides is 1. The number of halogens is 3. The summed E-state index contributed by atoms with van der Waals surface area (Å²) in [5.41, 5.74) is 1.54. The lowest BCUT2D eigenvalue weighted by molar-refractivity contribution is -0.191. The number of carbonyl (C=O) groups is 1. The number of rotatable bonds is 4. The first-order valence-corrected chi connectivity index (χ1v) is 8.43. The summed E-state index contributed by atoms with van der Waals surface area (Å²) in [5, 5.41) is 2.39. The third-order valence-electron chi connectivity index (χ3n) is 4.51. The molecule has 0 aromatic heterocycles. The number of ether oxygens (including phenoxy) is 1. The van der Waals surface area contributed by atoms with Crippen molar-refractivity contribution in [1.82, 2.24) is 10.4 Å². The fourth-order valence-electron chi connectivity index (χ4n) is 3.25. The van der Waals surface area contributed by atoms with Crippen LogP contribution < -0.4 is 10.2 Å². The molecule has 26 heavy (non-hydrogen) atoms. The maximum absolute atomic E-state index is 13.9. The molecule has 1 heterocycles. The van der Waals surface area contributed by atoms with Crippen LogP contribution in [0.25, 0.3) is 10.8 Å². The zero-order valence-electron chi connectivity index (χ0n) is 14.9. The maximum atomic E-state index is 13.9. The summed E-state index contributed by atoms with van der Waals surface area (Å²) in [5.74, 6) is -0.0165. The molecular weight excluding hydrogens is 345 g/mol. The molecule has 4 nitrogen and oxygen atoms in total. The highest BCUT2D eigenvalue weighted by molar-refractivity contribution is 5.89. The van der Waals surface area contributed by atoms with E-state index < -0.39 is 23.5 Å². The molecule has 7 heteroatoms. The van der Waals surface area contributed by atoms with Gasteiger partial charge in [-0.3, -0.25) is 10.2 Å². The number of hydrogen-bond donors (Lipinski definition) is 1. The van der Waals surface area contributed by atoms with Crippen LogP contribution in [0.15, 0.2) is 36.4 Å². The summed E-state index contributed by atoms with van der Waals surface area (Å²) in [7, 11) is 0. The zero-order valence-corrected chi connectivity index (χ0v) is 14.9. The Bertz CT molecular complexity index is 833. The van der Waals surface area contributed by atoms with Crippen LogP contribution in [-0.4, -0.2) is 30.2 Å². The Labute approximate surface area is 149 Å². The number of alkyl halides is 3. The minimum atomic E-state index is -4.56. The van der Waals surface area contributed by atoms with Gasteiger partial charge in [0.2, 0.25) is 5.91 Å². The highest BCUT2D eigenvalue weighted by Gasteiger charge is 2.51. The fraction of sp³-hybridized carbons (Fsp3) is 0.421. The molecule has 140 valence electrons. The average molecular weight is 366 g/mol. The molecule has 0 aliphatic carbocycles. The Hall–Kier alpha value is -2.28. The Morgan fingerprint density at radius 2 is 1.96 bits per heavy atom. The number of benzene rings is 2. The van der Waals surface area contributed by atoms with Crippen LogP contribution in [0.5, 0.6) is 5.75 Å². The molecule has 1 fully saturated rings. The molecular formula is C19H21F3N2O2. The number of carbonyl (C=O) groups excluding carboxylic acids is 1. The molecule has 3 rings (SSSR count). The van der Waals surface area contributed by atoms with Crippen molar-refractivity contribution in [3.05, 3.63) is 42.0 Å². The number of hydrazine groups is 1. The van der Waals surface area contributed by atoms with Crippen molar-refractivity contribution in [1.29, 1.82) is 0 Å². The fourth-order valence-corrected chi connectivity index (χ4v) is 3.25. The van der Waals surface area contributed by atoms with Gasteiger partial charge in [0.15, 0.2) is 0 Å². The number of nitrogens with zero attached hydrogens (tertiary/aromatic N) is 1. The lowest BCUT2D eigenvalue weighted by Crippen LogP contribution is -2.43. The monoisotopic (exact) mass is 366 g/mol.